The lowest BCUT2D eigenvalue weighted by molar-refractivity contribution is -0.123. The SMILES string of the molecule is CC(C)(C)C(=O)Nc1nc2nc(-c3ccccc3Br)ccc2c(=O)[nH]1. The molecule has 3 rings (SSSR count). The normalized spacial score (nSPS) is 11.5. The lowest BCUT2D eigenvalue weighted by Gasteiger charge is -2.16. The van der Waals surface area contributed by atoms with E-state index in [0.29, 0.717) is 11.1 Å². The third kappa shape index (κ3) is 3.61. The van der Waals surface area contributed by atoms with Crippen LogP contribution in [-0.4, -0.2) is 20.9 Å². The first-order chi connectivity index (χ1) is 11.8. The van der Waals surface area contributed by atoms with Gasteiger partial charge >= 0.3 is 0 Å². The predicted octanol–water partition coefficient (Wildman–Crippen LogP) is 3.73. The van der Waals surface area contributed by atoms with Gasteiger partial charge in [-0.3, -0.25) is 19.9 Å². The maximum absolute atomic E-state index is 12.2. The number of nitrogens with zero attached hydrogens (tertiary/aromatic N) is 2. The van der Waals surface area contributed by atoms with E-state index in [4.69, 9.17) is 0 Å². The van der Waals surface area contributed by atoms with Crippen molar-refractivity contribution in [2.24, 2.45) is 5.41 Å². The van der Waals surface area contributed by atoms with Crippen molar-refractivity contribution in [2.45, 2.75) is 20.8 Å². The summed E-state index contributed by atoms with van der Waals surface area (Å²) in [6, 6.07) is 11.1. The van der Waals surface area contributed by atoms with Gasteiger partial charge < -0.3 is 0 Å². The molecule has 0 saturated heterocycles. The number of carbonyl (C=O) groups is 1. The number of fused-ring (bicyclic) bond motifs is 1. The molecule has 128 valence electrons. The summed E-state index contributed by atoms with van der Waals surface area (Å²) in [6.07, 6.45) is 0. The molecule has 0 aliphatic carbocycles. The number of H-pyrrole nitrogens is 1. The van der Waals surface area contributed by atoms with Crippen LogP contribution in [0, 0.1) is 5.41 Å². The third-order valence-electron chi connectivity index (χ3n) is 3.63. The van der Waals surface area contributed by atoms with Gasteiger partial charge in [0.2, 0.25) is 11.9 Å². The van der Waals surface area contributed by atoms with Gasteiger partial charge in [-0.1, -0.05) is 54.9 Å². The fourth-order valence-corrected chi connectivity index (χ4v) is 2.68. The van der Waals surface area contributed by atoms with E-state index in [2.05, 4.69) is 36.2 Å². The van der Waals surface area contributed by atoms with Crippen LogP contribution in [0.4, 0.5) is 5.95 Å². The van der Waals surface area contributed by atoms with Crippen molar-refractivity contribution in [3.05, 3.63) is 51.2 Å². The Kier molecular flexibility index (Phi) is 4.43. The van der Waals surface area contributed by atoms with Gasteiger partial charge in [-0.2, -0.15) is 4.98 Å². The number of nitrogens with one attached hydrogen (secondary N) is 2. The molecule has 0 fully saturated rings. The minimum absolute atomic E-state index is 0.0919. The zero-order valence-corrected chi connectivity index (χ0v) is 15.6. The maximum atomic E-state index is 12.2. The Morgan fingerprint density at radius 1 is 1.12 bits per heavy atom. The van der Waals surface area contributed by atoms with Crippen LogP contribution in [0.5, 0.6) is 0 Å². The number of halogens is 1. The number of aromatic amines is 1. The Balaban J connectivity index is 2.08. The maximum Gasteiger partial charge on any atom is 0.261 e. The van der Waals surface area contributed by atoms with E-state index in [-0.39, 0.29) is 23.1 Å². The van der Waals surface area contributed by atoms with E-state index >= 15 is 0 Å². The first-order valence-electron chi connectivity index (χ1n) is 7.73. The molecule has 0 atom stereocenters. The summed E-state index contributed by atoms with van der Waals surface area (Å²) in [5.41, 5.74) is 0.914. The monoisotopic (exact) mass is 400 g/mol. The van der Waals surface area contributed by atoms with Crippen molar-refractivity contribution >= 4 is 38.8 Å². The van der Waals surface area contributed by atoms with Crippen LogP contribution in [0.25, 0.3) is 22.3 Å². The minimum atomic E-state index is -0.599. The molecule has 0 spiro atoms. The van der Waals surface area contributed by atoms with Crippen LogP contribution < -0.4 is 10.9 Å². The second-order valence-electron chi connectivity index (χ2n) is 6.67. The van der Waals surface area contributed by atoms with E-state index < -0.39 is 5.41 Å². The summed E-state index contributed by atoms with van der Waals surface area (Å²) in [5.74, 6) is -0.147. The molecular formula is C18H17BrN4O2. The zero-order chi connectivity index (χ0) is 18.2. The standard InChI is InChI=1S/C18H17BrN4O2/c1-18(2,3)16(25)23-17-21-14-11(15(24)22-17)8-9-13(20-14)10-6-4-5-7-12(10)19/h4-9H,1-3H3,(H2,20,21,22,23,24,25). The summed E-state index contributed by atoms with van der Waals surface area (Å²) in [4.78, 5) is 35.7. The lowest BCUT2D eigenvalue weighted by atomic mass is 9.96. The van der Waals surface area contributed by atoms with Crippen LogP contribution >= 0.6 is 15.9 Å². The van der Waals surface area contributed by atoms with Crippen LogP contribution in [0.1, 0.15) is 20.8 Å². The molecule has 2 N–H and O–H groups in total. The second-order valence-corrected chi connectivity index (χ2v) is 7.52. The van der Waals surface area contributed by atoms with Crippen molar-refractivity contribution in [3.8, 4) is 11.3 Å². The van der Waals surface area contributed by atoms with Gasteiger partial charge in [0.15, 0.2) is 5.65 Å². The highest BCUT2D eigenvalue weighted by molar-refractivity contribution is 9.10. The number of aromatic nitrogens is 3. The van der Waals surface area contributed by atoms with Gasteiger partial charge in [0.25, 0.3) is 5.56 Å². The highest BCUT2D eigenvalue weighted by Crippen LogP contribution is 2.27. The molecule has 3 aromatic rings. The van der Waals surface area contributed by atoms with Gasteiger partial charge in [0.05, 0.1) is 11.1 Å². The quantitative estimate of drug-likeness (QED) is 0.685. The van der Waals surface area contributed by atoms with Gasteiger partial charge in [-0.15, -0.1) is 0 Å². The number of hydrogen-bond acceptors (Lipinski definition) is 4. The van der Waals surface area contributed by atoms with Crippen molar-refractivity contribution in [1.82, 2.24) is 15.0 Å². The Bertz CT molecular complexity index is 1020. The van der Waals surface area contributed by atoms with Crippen molar-refractivity contribution < 1.29 is 4.79 Å². The number of benzene rings is 1. The number of pyridine rings is 1. The number of rotatable bonds is 2. The first kappa shape index (κ1) is 17.3. The molecule has 0 aliphatic rings. The molecule has 25 heavy (non-hydrogen) atoms. The topological polar surface area (TPSA) is 87.7 Å². The average molecular weight is 401 g/mol. The van der Waals surface area contributed by atoms with E-state index in [1.165, 1.54) is 0 Å². The Hall–Kier alpha value is -2.54. The van der Waals surface area contributed by atoms with Crippen LogP contribution in [0.2, 0.25) is 0 Å². The zero-order valence-electron chi connectivity index (χ0n) is 14.1. The van der Waals surface area contributed by atoms with E-state index in [1.807, 2.05) is 24.3 Å². The second kappa shape index (κ2) is 6.40. The molecule has 0 aliphatic heterocycles. The molecule has 0 radical (unpaired) electrons. The van der Waals surface area contributed by atoms with Crippen LogP contribution in [-0.2, 0) is 4.79 Å². The Morgan fingerprint density at radius 2 is 1.84 bits per heavy atom. The van der Waals surface area contributed by atoms with Gasteiger partial charge in [0, 0.05) is 15.5 Å². The summed E-state index contributed by atoms with van der Waals surface area (Å²) in [5, 5.41) is 3.00. The highest BCUT2D eigenvalue weighted by Gasteiger charge is 2.22. The Morgan fingerprint density at radius 3 is 2.52 bits per heavy atom. The van der Waals surface area contributed by atoms with Gasteiger partial charge in [0.1, 0.15) is 0 Å². The summed E-state index contributed by atoms with van der Waals surface area (Å²) >= 11 is 3.50. The van der Waals surface area contributed by atoms with Crippen LogP contribution in [0.15, 0.2) is 45.7 Å². The molecule has 2 aromatic heterocycles. The highest BCUT2D eigenvalue weighted by atomic mass is 79.9. The fraction of sp³-hybridized carbons (Fsp3) is 0.222. The number of carbonyl (C=O) groups excluding carboxylic acids is 1. The summed E-state index contributed by atoms with van der Waals surface area (Å²) < 4.78 is 0.896. The molecule has 1 amide bonds. The third-order valence-corrected chi connectivity index (χ3v) is 4.32. The first-order valence-corrected chi connectivity index (χ1v) is 8.52. The largest absolute Gasteiger partial charge is 0.296 e. The fourth-order valence-electron chi connectivity index (χ4n) is 2.19. The van der Waals surface area contributed by atoms with Crippen molar-refractivity contribution in [2.75, 3.05) is 5.32 Å². The molecule has 0 unspecified atom stereocenters. The van der Waals surface area contributed by atoms with Gasteiger partial charge in [-0.25, -0.2) is 4.98 Å². The number of hydrogen-bond donors (Lipinski definition) is 2. The predicted molar refractivity (Wildman–Crippen MR) is 101 cm³/mol. The summed E-state index contributed by atoms with van der Waals surface area (Å²) in [6.45, 7) is 5.35. The molecule has 0 bridgehead atoms. The lowest BCUT2D eigenvalue weighted by Crippen LogP contribution is -2.29. The van der Waals surface area contributed by atoms with E-state index in [9.17, 15) is 9.59 Å². The molecule has 2 heterocycles. The summed E-state index contributed by atoms with van der Waals surface area (Å²) in [7, 11) is 0. The van der Waals surface area contributed by atoms with Crippen molar-refractivity contribution in [1.29, 1.82) is 0 Å². The van der Waals surface area contributed by atoms with E-state index in [0.717, 1.165) is 10.0 Å². The molecule has 0 saturated carbocycles. The number of amides is 1. The molecule has 6 nitrogen and oxygen atoms in total. The van der Waals surface area contributed by atoms with Crippen molar-refractivity contribution in [3.63, 3.8) is 0 Å². The molecule has 7 heteroatoms. The average Bonchev–Trinajstić information content (AvgIpc) is 2.54. The van der Waals surface area contributed by atoms with E-state index in [1.54, 1.807) is 32.9 Å². The molecule has 1 aromatic carbocycles. The Labute approximate surface area is 152 Å². The van der Waals surface area contributed by atoms with Gasteiger partial charge in [-0.05, 0) is 18.2 Å². The van der Waals surface area contributed by atoms with Crippen LogP contribution in [0.3, 0.4) is 0 Å². The smallest absolute Gasteiger partial charge is 0.261 e. The number of anilines is 1. The minimum Gasteiger partial charge on any atom is -0.296 e. The molecular weight excluding hydrogens is 384 g/mol.